The molecule has 27 heavy (non-hydrogen) atoms. The highest BCUT2D eigenvalue weighted by molar-refractivity contribution is 7.89. The van der Waals surface area contributed by atoms with Gasteiger partial charge in [0, 0.05) is 39.2 Å². The molecular weight excluding hydrogens is 366 g/mol. The second-order valence-electron chi connectivity index (χ2n) is 6.03. The van der Waals surface area contributed by atoms with Crippen LogP contribution in [0.4, 0.5) is 5.69 Å². The summed E-state index contributed by atoms with van der Waals surface area (Å²) in [7, 11) is -3.70. The van der Waals surface area contributed by atoms with Gasteiger partial charge in [0.05, 0.1) is 4.90 Å². The Balaban J connectivity index is 1.95. The van der Waals surface area contributed by atoms with Gasteiger partial charge in [0.1, 0.15) is 0 Å². The fourth-order valence-corrected chi connectivity index (χ4v) is 3.49. The molecule has 0 saturated carbocycles. The molecule has 0 bridgehead atoms. The molecule has 0 aromatic heterocycles. The predicted molar refractivity (Wildman–Crippen MR) is 103 cm³/mol. The molecule has 0 aliphatic carbocycles. The molecule has 0 heterocycles. The van der Waals surface area contributed by atoms with E-state index in [-0.39, 0.29) is 29.8 Å². The summed E-state index contributed by atoms with van der Waals surface area (Å²) >= 11 is 0. The van der Waals surface area contributed by atoms with Gasteiger partial charge in [0.2, 0.25) is 21.8 Å². The van der Waals surface area contributed by atoms with E-state index in [1.807, 2.05) is 30.3 Å². The van der Waals surface area contributed by atoms with Gasteiger partial charge in [-0.1, -0.05) is 30.3 Å². The lowest BCUT2D eigenvalue weighted by Crippen LogP contribution is -2.37. The van der Waals surface area contributed by atoms with Crippen LogP contribution in [-0.4, -0.2) is 38.2 Å². The zero-order valence-electron chi connectivity index (χ0n) is 15.3. The van der Waals surface area contributed by atoms with Crippen LogP contribution in [0.1, 0.15) is 19.4 Å². The number of benzene rings is 2. The Bertz CT molecular complexity index is 881. The fourth-order valence-electron chi connectivity index (χ4n) is 2.47. The first-order valence-electron chi connectivity index (χ1n) is 8.45. The molecule has 2 N–H and O–H groups in total. The molecular formula is C19H23N3O4S. The minimum Gasteiger partial charge on any atom is -0.337 e. The summed E-state index contributed by atoms with van der Waals surface area (Å²) in [4.78, 5) is 24.5. The number of hydrogen-bond donors (Lipinski definition) is 2. The Morgan fingerprint density at radius 2 is 1.59 bits per heavy atom. The first-order valence-corrected chi connectivity index (χ1v) is 9.93. The van der Waals surface area contributed by atoms with Gasteiger partial charge in [-0.15, -0.1) is 0 Å². The number of carbonyl (C=O) groups is 2. The van der Waals surface area contributed by atoms with E-state index < -0.39 is 10.0 Å². The zero-order chi connectivity index (χ0) is 19.9. The topological polar surface area (TPSA) is 95.6 Å². The standard InChI is InChI=1S/C19H23N3O4S/c1-15(23)21-18-8-10-19(11-9-18)27(25,26)20-12-13-22(16(2)24)14-17-6-4-3-5-7-17/h3-11,20H,12-14H2,1-2H3,(H,21,23). The van der Waals surface area contributed by atoms with Crippen molar-refractivity contribution in [1.29, 1.82) is 0 Å². The Morgan fingerprint density at radius 3 is 2.15 bits per heavy atom. The largest absolute Gasteiger partial charge is 0.337 e. The quantitative estimate of drug-likeness (QED) is 0.722. The van der Waals surface area contributed by atoms with Crippen LogP contribution in [0.25, 0.3) is 0 Å². The molecule has 2 aromatic rings. The molecule has 0 saturated heterocycles. The predicted octanol–water partition coefficient (Wildman–Crippen LogP) is 1.97. The highest BCUT2D eigenvalue weighted by atomic mass is 32.2. The average molecular weight is 389 g/mol. The van der Waals surface area contributed by atoms with Gasteiger partial charge in [0.15, 0.2) is 0 Å². The van der Waals surface area contributed by atoms with Gasteiger partial charge < -0.3 is 10.2 Å². The molecule has 0 fully saturated rings. The third kappa shape index (κ3) is 6.50. The summed E-state index contributed by atoms with van der Waals surface area (Å²) in [5.74, 6) is -0.357. The minimum atomic E-state index is -3.70. The van der Waals surface area contributed by atoms with Crippen molar-refractivity contribution in [2.24, 2.45) is 0 Å². The fraction of sp³-hybridized carbons (Fsp3) is 0.263. The van der Waals surface area contributed by atoms with Crippen molar-refractivity contribution in [3.8, 4) is 0 Å². The summed E-state index contributed by atoms with van der Waals surface area (Å²) in [6.45, 7) is 3.61. The number of carbonyl (C=O) groups excluding carboxylic acids is 2. The van der Waals surface area contributed by atoms with Crippen LogP contribution < -0.4 is 10.0 Å². The Kier molecular flexibility index (Phi) is 7.09. The van der Waals surface area contributed by atoms with Crippen molar-refractivity contribution in [3.63, 3.8) is 0 Å². The first kappa shape index (κ1) is 20.6. The van der Waals surface area contributed by atoms with Crippen LogP contribution in [0.5, 0.6) is 0 Å². The van der Waals surface area contributed by atoms with Gasteiger partial charge in [-0.3, -0.25) is 9.59 Å². The second kappa shape index (κ2) is 9.29. The molecule has 8 heteroatoms. The summed E-state index contributed by atoms with van der Waals surface area (Å²) in [6, 6.07) is 15.4. The van der Waals surface area contributed by atoms with Gasteiger partial charge in [-0.2, -0.15) is 0 Å². The van der Waals surface area contributed by atoms with Crippen molar-refractivity contribution >= 4 is 27.5 Å². The van der Waals surface area contributed by atoms with E-state index in [1.54, 1.807) is 4.90 Å². The van der Waals surface area contributed by atoms with E-state index in [4.69, 9.17) is 0 Å². The number of amides is 2. The smallest absolute Gasteiger partial charge is 0.240 e. The van der Waals surface area contributed by atoms with E-state index >= 15 is 0 Å². The zero-order valence-corrected chi connectivity index (χ0v) is 16.1. The molecule has 0 radical (unpaired) electrons. The number of nitrogens with one attached hydrogen (secondary N) is 2. The number of sulfonamides is 1. The lowest BCUT2D eigenvalue weighted by molar-refractivity contribution is -0.129. The van der Waals surface area contributed by atoms with Crippen molar-refractivity contribution in [3.05, 3.63) is 60.2 Å². The van der Waals surface area contributed by atoms with E-state index in [1.165, 1.54) is 38.1 Å². The highest BCUT2D eigenvalue weighted by Gasteiger charge is 2.15. The lowest BCUT2D eigenvalue weighted by Gasteiger charge is -2.21. The van der Waals surface area contributed by atoms with Crippen molar-refractivity contribution in [2.45, 2.75) is 25.3 Å². The maximum Gasteiger partial charge on any atom is 0.240 e. The van der Waals surface area contributed by atoms with Gasteiger partial charge in [0.25, 0.3) is 0 Å². The van der Waals surface area contributed by atoms with Crippen LogP contribution in [-0.2, 0) is 26.2 Å². The monoisotopic (exact) mass is 389 g/mol. The van der Waals surface area contributed by atoms with E-state index in [2.05, 4.69) is 10.0 Å². The number of anilines is 1. The number of rotatable bonds is 8. The lowest BCUT2D eigenvalue weighted by atomic mass is 10.2. The molecule has 0 aliphatic heterocycles. The van der Waals surface area contributed by atoms with Crippen molar-refractivity contribution < 1.29 is 18.0 Å². The van der Waals surface area contributed by atoms with Crippen molar-refractivity contribution in [2.75, 3.05) is 18.4 Å². The SMILES string of the molecule is CC(=O)Nc1ccc(S(=O)(=O)NCCN(Cc2ccccc2)C(C)=O)cc1. The van der Waals surface area contributed by atoms with Crippen LogP contribution in [0, 0.1) is 0 Å². The average Bonchev–Trinajstić information content (AvgIpc) is 2.61. The Labute approximate surface area is 159 Å². The van der Waals surface area contributed by atoms with Gasteiger partial charge in [-0.25, -0.2) is 13.1 Å². The molecule has 2 amide bonds. The Morgan fingerprint density at radius 1 is 0.963 bits per heavy atom. The highest BCUT2D eigenvalue weighted by Crippen LogP contribution is 2.14. The Hall–Kier alpha value is -2.71. The summed E-state index contributed by atoms with van der Waals surface area (Å²) in [6.07, 6.45) is 0. The summed E-state index contributed by atoms with van der Waals surface area (Å²) in [5, 5.41) is 2.58. The third-order valence-corrected chi connectivity index (χ3v) is 5.30. The molecule has 0 unspecified atom stereocenters. The van der Waals surface area contributed by atoms with Crippen LogP contribution in [0.3, 0.4) is 0 Å². The molecule has 144 valence electrons. The van der Waals surface area contributed by atoms with Gasteiger partial charge in [-0.05, 0) is 29.8 Å². The molecule has 0 spiro atoms. The minimum absolute atomic E-state index is 0.0917. The number of hydrogen-bond acceptors (Lipinski definition) is 4. The molecule has 0 atom stereocenters. The summed E-state index contributed by atoms with van der Waals surface area (Å²) < 4.78 is 27.2. The molecule has 0 aliphatic rings. The molecule has 2 aromatic carbocycles. The number of nitrogens with zero attached hydrogens (tertiary/aromatic N) is 1. The normalized spacial score (nSPS) is 11.0. The van der Waals surface area contributed by atoms with E-state index in [9.17, 15) is 18.0 Å². The van der Waals surface area contributed by atoms with Crippen LogP contribution in [0.2, 0.25) is 0 Å². The second-order valence-corrected chi connectivity index (χ2v) is 7.80. The van der Waals surface area contributed by atoms with Crippen LogP contribution in [0.15, 0.2) is 59.5 Å². The molecule has 2 rings (SSSR count). The van der Waals surface area contributed by atoms with Gasteiger partial charge >= 0.3 is 0 Å². The van der Waals surface area contributed by atoms with E-state index in [0.29, 0.717) is 12.2 Å². The van der Waals surface area contributed by atoms with Crippen LogP contribution >= 0.6 is 0 Å². The maximum atomic E-state index is 12.4. The maximum absolute atomic E-state index is 12.4. The van der Waals surface area contributed by atoms with E-state index in [0.717, 1.165) is 5.56 Å². The van der Waals surface area contributed by atoms with Crippen molar-refractivity contribution in [1.82, 2.24) is 9.62 Å². The molecule has 7 nitrogen and oxygen atoms in total. The summed E-state index contributed by atoms with van der Waals surface area (Å²) in [5.41, 5.74) is 1.50. The first-order chi connectivity index (χ1) is 12.8. The third-order valence-electron chi connectivity index (χ3n) is 3.82.